The normalized spacial score (nSPS) is 12.7. The summed E-state index contributed by atoms with van der Waals surface area (Å²) in [7, 11) is 0. The topological polar surface area (TPSA) is 55.1 Å². The van der Waals surface area contributed by atoms with Crippen LogP contribution < -0.4 is 11.1 Å². The van der Waals surface area contributed by atoms with E-state index in [4.69, 9.17) is 17.3 Å². The van der Waals surface area contributed by atoms with E-state index < -0.39 is 6.04 Å². The Hall–Kier alpha value is -1.84. The van der Waals surface area contributed by atoms with E-state index >= 15 is 0 Å². The third-order valence-electron chi connectivity index (χ3n) is 3.75. The first kappa shape index (κ1) is 16.5. The van der Waals surface area contributed by atoms with E-state index in [9.17, 15) is 4.79 Å². The highest BCUT2D eigenvalue weighted by atomic mass is 35.5. The fourth-order valence-electron chi connectivity index (χ4n) is 2.34. The molecule has 0 heterocycles. The van der Waals surface area contributed by atoms with Gasteiger partial charge < -0.3 is 11.1 Å². The van der Waals surface area contributed by atoms with Crippen LogP contribution in [0.3, 0.4) is 0 Å². The number of hydrogen-bond acceptors (Lipinski definition) is 2. The van der Waals surface area contributed by atoms with Crippen LogP contribution in [-0.2, 0) is 10.2 Å². The number of halogens is 1. The van der Waals surface area contributed by atoms with Gasteiger partial charge in [0.25, 0.3) is 0 Å². The van der Waals surface area contributed by atoms with Crippen LogP contribution in [0.15, 0.2) is 54.6 Å². The maximum absolute atomic E-state index is 12.2. The first-order valence-electron chi connectivity index (χ1n) is 7.25. The van der Waals surface area contributed by atoms with Gasteiger partial charge in [0.15, 0.2) is 0 Å². The molecule has 116 valence electrons. The van der Waals surface area contributed by atoms with Gasteiger partial charge in [0, 0.05) is 17.0 Å². The van der Waals surface area contributed by atoms with Crippen LogP contribution in [0.25, 0.3) is 0 Å². The van der Waals surface area contributed by atoms with Crippen molar-refractivity contribution in [2.24, 2.45) is 5.73 Å². The lowest BCUT2D eigenvalue weighted by molar-refractivity contribution is -0.122. The van der Waals surface area contributed by atoms with E-state index in [1.54, 1.807) is 0 Å². The van der Waals surface area contributed by atoms with Crippen molar-refractivity contribution in [3.63, 3.8) is 0 Å². The Balaban J connectivity index is 2.03. The summed E-state index contributed by atoms with van der Waals surface area (Å²) in [5.41, 5.74) is 7.53. The van der Waals surface area contributed by atoms with Crippen molar-refractivity contribution in [3.8, 4) is 0 Å². The molecule has 1 unspecified atom stereocenters. The average Bonchev–Trinajstić information content (AvgIpc) is 2.53. The zero-order chi connectivity index (χ0) is 16.2. The highest BCUT2D eigenvalue weighted by Gasteiger charge is 2.25. The van der Waals surface area contributed by atoms with Gasteiger partial charge in [-0.15, -0.1) is 0 Å². The van der Waals surface area contributed by atoms with Gasteiger partial charge in [0.1, 0.15) is 6.04 Å². The monoisotopic (exact) mass is 316 g/mol. The highest BCUT2D eigenvalue weighted by Crippen LogP contribution is 2.29. The second-order valence-electron chi connectivity index (χ2n) is 5.97. The van der Waals surface area contributed by atoms with Crippen molar-refractivity contribution >= 4 is 17.5 Å². The molecule has 2 aromatic rings. The van der Waals surface area contributed by atoms with Gasteiger partial charge in [-0.2, -0.15) is 0 Å². The Morgan fingerprint density at radius 2 is 1.73 bits per heavy atom. The van der Waals surface area contributed by atoms with Gasteiger partial charge in [0.2, 0.25) is 5.91 Å². The molecule has 2 aromatic carbocycles. The SMILES string of the molecule is CC(C)(CNC(=O)C(N)c1ccccc1)c1ccccc1Cl. The number of nitrogens with two attached hydrogens (primary N) is 1. The minimum absolute atomic E-state index is 0.189. The Morgan fingerprint density at radius 1 is 1.14 bits per heavy atom. The maximum Gasteiger partial charge on any atom is 0.241 e. The van der Waals surface area contributed by atoms with Crippen molar-refractivity contribution in [1.82, 2.24) is 5.32 Å². The van der Waals surface area contributed by atoms with Crippen LogP contribution in [0.2, 0.25) is 5.02 Å². The minimum Gasteiger partial charge on any atom is -0.354 e. The molecule has 1 amide bonds. The van der Waals surface area contributed by atoms with Crippen molar-refractivity contribution in [2.75, 3.05) is 6.54 Å². The van der Waals surface area contributed by atoms with Gasteiger partial charge >= 0.3 is 0 Å². The number of hydrogen-bond donors (Lipinski definition) is 2. The molecule has 0 fully saturated rings. The maximum atomic E-state index is 12.2. The summed E-state index contributed by atoms with van der Waals surface area (Å²) in [5.74, 6) is -0.189. The van der Waals surface area contributed by atoms with Crippen LogP contribution in [0.5, 0.6) is 0 Å². The Labute approximate surface area is 136 Å². The van der Waals surface area contributed by atoms with E-state index in [-0.39, 0.29) is 11.3 Å². The van der Waals surface area contributed by atoms with Gasteiger partial charge in [-0.3, -0.25) is 4.79 Å². The van der Waals surface area contributed by atoms with Gasteiger partial charge in [-0.1, -0.05) is 74.0 Å². The molecule has 0 aliphatic rings. The van der Waals surface area contributed by atoms with Gasteiger partial charge in [-0.05, 0) is 17.2 Å². The molecular formula is C18H21ClN2O. The Bertz CT molecular complexity index is 641. The van der Waals surface area contributed by atoms with E-state index in [2.05, 4.69) is 5.32 Å². The lowest BCUT2D eigenvalue weighted by Crippen LogP contribution is -2.41. The molecule has 22 heavy (non-hydrogen) atoms. The van der Waals surface area contributed by atoms with Crippen LogP contribution in [0.4, 0.5) is 0 Å². The number of benzene rings is 2. The number of amides is 1. The summed E-state index contributed by atoms with van der Waals surface area (Å²) < 4.78 is 0. The first-order chi connectivity index (χ1) is 10.4. The van der Waals surface area contributed by atoms with Crippen molar-refractivity contribution in [1.29, 1.82) is 0 Å². The first-order valence-corrected chi connectivity index (χ1v) is 7.63. The van der Waals surface area contributed by atoms with Crippen LogP contribution in [0, 0.1) is 0 Å². The summed E-state index contributed by atoms with van der Waals surface area (Å²) in [5, 5.41) is 3.63. The average molecular weight is 317 g/mol. The summed E-state index contributed by atoms with van der Waals surface area (Å²) in [6.07, 6.45) is 0. The molecule has 0 spiro atoms. The van der Waals surface area contributed by atoms with Crippen LogP contribution in [0.1, 0.15) is 31.0 Å². The highest BCUT2D eigenvalue weighted by molar-refractivity contribution is 6.31. The second-order valence-corrected chi connectivity index (χ2v) is 6.38. The molecule has 3 N–H and O–H groups in total. The molecule has 3 nitrogen and oxygen atoms in total. The molecule has 0 aliphatic heterocycles. The third-order valence-corrected chi connectivity index (χ3v) is 4.08. The lowest BCUT2D eigenvalue weighted by Gasteiger charge is -2.27. The summed E-state index contributed by atoms with van der Waals surface area (Å²) in [4.78, 5) is 12.2. The molecule has 4 heteroatoms. The Kier molecular flexibility index (Phi) is 5.22. The summed E-state index contributed by atoms with van der Waals surface area (Å²) >= 11 is 6.25. The van der Waals surface area contributed by atoms with Crippen molar-refractivity contribution in [2.45, 2.75) is 25.3 Å². The van der Waals surface area contributed by atoms with E-state index in [1.165, 1.54) is 0 Å². The van der Waals surface area contributed by atoms with Crippen molar-refractivity contribution < 1.29 is 4.79 Å². The van der Waals surface area contributed by atoms with Gasteiger partial charge in [0.05, 0.1) is 0 Å². The summed E-state index contributed by atoms with van der Waals surface area (Å²) in [6, 6.07) is 16.4. The van der Waals surface area contributed by atoms with E-state index in [1.807, 2.05) is 68.4 Å². The van der Waals surface area contributed by atoms with E-state index in [0.717, 1.165) is 11.1 Å². The van der Waals surface area contributed by atoms with Crippen molar-refractivity contribution in [3.05, 3.63) is 70.7 Å². The standard InChI is InChI=1S/C18H21ClN2O/c1-18(2,14-10-6-7-11-15(14)19)12-21-17(22)16(20)13-8-4-3-5-9-13/h3-11,16H,12,20H2,1-2H3,(H,21,22). The zero-order valence-corrected chi connectivity index (χ0v) is 13.6. The molecular weight excluding hydrogens is 296 g/mol. The smallest absolute Gasteiger partial charge is 0.241 e. The molecule has 0 bridgehead atoms. The fourth-order valence-corrected chi connectivity index (χ4v) is 2.73. The van der Waals surface area contributed by atoms with E-state index in [0.29, 0.717) is 11.6 Å². The number of carbonyl (C=O) groups is 1. The largest absolute Gasteiger partial charge is 0.354 e. The number of rotatable bonds is 5. The molecule has 0 radical (unpaired) electrons. The second kappa shape index (κ2) is 6.95. The fraction of sp³-hybridized carbons (Fsp3) is 0.278. The molecule has 0 aliphatic carbocycles. The number of nitrogens with one attached hydrogen (secondary N) is 1. The lowest BCUT2D eigenvalue weighted by atomic mass is 9.84. The molecule has 1 atom stereocenters. The predicted molar refractivity (Wildman–Crippen MR) is 90.9 cm³/mol. The third kappa shape index (κ3) is 3.87. The van der Waals surface area contributed by atoms with Gasteiger partial charge in [-0.25, -0.2) is 0 Å². The molecule has 0 aromatic heterocycles. The molecule has 2 rings (SSSR count). The zero-order valence-electron chi connectivity index (χ0n) is 12.8. The number of carbonyl (C=O) groups excluding carboxylic acids is 1. The summed E-state index contributed by atoms with van der Waals surface area (Å²) in [6.45, 7) is 4.56. The molecule has 0 saturated carbocycles. The quantitative estimate of drug-likeness (QED) is 0.888. The minimum atomic E-state index is -0.664. The Morgan fingerprint density at radius 3 is 2.36 bits per heavy atom. The predicted octanol–water partition coefficient (Wildman–Crippen LogP) is 3.43. The molecule has 0 saturated heterocycles. The van der Waals surface area contributed by atoms with Crippen LogP contribution in [-0.4, -0.2) is 12.5 Å². The van der Waals surface area contributed by atoms with Crippen LogP contribution >= 0.6 is 11.6 Å².